The molecule has 0 amide bonds. The molecule has 0 saturated carbocycles. The fraction of sp³-hybridized carbons (Fsp3) is 0.179. The maximum Gasteiger partial charge on any atom is 0.148 e. The van der Waals surface area contributed by atoms with Crippen molar-refractivity contribution in [1.29, 1.82) is 0 Å². The number of nitrogens with zero attached hydrogens (tertiary/aromatic N) is 1. The predicted octanol–water partition coefficient (Wildman–Crippen LogP) is 9.51. The summed E-state index contributed by atoms with van der Waals surface area (Å²) in [5.41, 5.74) is 3.67. The quantitative estimate of drug-likeness (QED) is 0.116. The summed E-state index contributed by atoms with van der Waals surface area (Å²) in [6.07, 6.45) is 1.47. The summed E-state index contributed by atoms with van der Waals surface area (Å²) in [4.78, 5) is 4.54. The number of rotatable bonds is 5. The van der Waals surface area contributed by atoms with Gasteiger partial charge in [0.05, 0.1) is 7.11 Å². The zero-order valence-electron chi connectivity index (χ0n) is 19.7. The van der Waals surface area contributed by atoms with E-state index in [4.69, 9.17) is 16.3 Å². The van der Waals surface area contributed by atoms with Crippen LogP contribution in [0.25, 0.3) is 25.7 Å². The van der Waals surface area contributed by atoms with E-state index < -0.39 is 0 Å². The molecule has 0 aliphatic carbocycles. The van der Waals surface area contributed by atoms with Crippen LogP contribution < -0.4 is 0 Å². The Morgan fingerprint density at radius 2 is 1.45 bits per heavy atom. The molecular formula is C28H29Cl2NOS. The third-order valence-electron chi connectivity index (χ3n) is 4.85. The van der Waals surface area contributed by atoms with Crippen LogP contribution in [0.1, 0.15) is 31.9 Å². The number of hydrogen-bond acceptors (Lipinski definition) is 3. The van der Waals surface area contributed by atoms with E-state index in [2.05, 4.69) is 77.8 Å². The van der Waals surface area contributed by atoms with Crippen LogP contribution >= 0.6 is 34.5 Å². The van der Waals surface area contributed by atoms with Crippen LogP contribution in [0, 0.1) is 0 Å². The highest BCUT2D eigenvalue weighted by Crippen LogP contribution is 2.35. The van der Waals surface area contributed by atoms with Crippen LogP contribution in [-0.4, -0.2) is 19.2 Å². The van der Waals surface area contributed by atoms with Gasteiger partial charge in [-0.3, -0.25) is 0 Å². The van der Waals surface area contributed by atoms with Gasteiger partial charge in [-0.2, -0.15) is 0 Å². The predicted molar refractivity (Wildman–Crippen MR) is 150 cm³/mol. The number of halogens is 2. The third-order valence-corrected chi connectivity index (χ3v) is 6.07. The van der Waals surface area contributed by atoms with E-state index in [0.717, 1.165) is 16.7 Å². The summed E-state index contributed by atoms with van der Waals surface area (Å²) in [7, 11) is 1.66. The average Bonchev–Trinajstić information content (AvgIpc) is 3.24. The lowest BCUT2D eigenvalue weighted by Crippen LogP contribution is -2.09. The number of alkyl halides is 1. The van der Waals surface area contributed by atoms with Crippen molar-refractivity contribution >= 4 is 66.0 Å². The molecule has 1 heterocycles. The number of methoxy groups -OCH3 is 1. The Morgan fingerprint density at radius 1 is 0.848 bits per heavy atom. The van der Waals surface area contributed by atoms with Crippen LogP contribution in [0.4, 0.5) is 0 Å². The minimum Gasteiger partial charge on any atom is -0.494 e. The zero-order valence-corrected chi connectivity index (χ0v) is 22.0. The van der Waals surface area contributed by atoms with Gasteiger partial charge in [-0.1, -0.05) is 92.7 Å². The Balaban J connectivity index is 0.000000914. The number of thiophene rings is 1. The van der Waals surface area contributed by atoms with Crippen molar-refractivity contribution in [3.05, 3.63) is 101 Å². The van der Waals surface area contributed by atoms with E-state index >= 15 is 0 Å². The maximum absolute atomic E-state index is 6.10. The van der Waals surface area contributed by atoms with Gasteiger partial charge in [0.15, 0.2) is 0 Å². The summed E-state index contributed by atoms with van der Waals surface area (Å²) in [5, 5.41) is 2.72. The highest BCUT2D eigenvalue weighted by Gasteiger charge is 2.17. The van der Waals surface area contributed by atoms with E-state index in [1.54, 1.807) is 18.4 Å². The molecule has 0 fully saturated rings. The first-order valence-electron chi connectivity index (χ1n) is 10.6. The van der Waals surface area contributed by atoms with Crippen LogP contribution in [0.3, 0.4) is 0 Å². The lowest BCUT2D eigenvalue weighted by molar-refractivity contribution is 0.317. The largest absolute Gasteiger partial charge is 0.494 e. The van der Waals surface area contributed by atoms with Crippen molar-refractivity contribution in [2.75, 3.05) is 13.5 Å². The lowest BCUT2D eigenvalue weighted by atomic mass is 9.99. The van der Waals surface area contributed by atoms with Crippen molar-refractivity contribution in [2.45, 2.75) is 20.8 Å². The molecule has 0 unspecified atom stereocenters. The van der Waals surface area contributed by atoms with E-state index in [0.29, 0.717) is 11.5 Å². The SMILES string of the molecule is C=C(Cl)/N=C(\C(OC)=C(/C)c1ccccc1)c1ccc2c(c1)sc1ccccc12.CC.CCl. The normalized spacial score (nSPS) is 11.7. The molecule has 3 aromatic carbocycles. The van der Waals surface area contributed by atoms with Gasteiger partial charge in [0.2, 0.25) is 0 Å². The molecular weight excluding hydrogens is 469 g/mol. The number of allylic oxidation sites excluding steroid dienone is 2. The minimum absolute atomic E-state index is 0.215. The first kappa shape index (κ1) is 26.7. The summed E-state index contributed by atoms with van der Waals surface area (Å²) < 4.78 is 8.27. The molecule has 0 saturated heterocycles. The van der Waals surface area contributed by atoms with Crippen LogP contribution in [-0.2, 0) is 4.74 Å². The Morgan fingerprint density at radius 3 is 2.09 bits per heavy atom. The molecule has 172 valence electrons. The topological polar surface area (TPSA) is 21.6 Å². The fourth-order valence-electron chi connectivity index (χ4n) is 3.49. The third kappa shape index (κ3) is 6.26. The van der Waals surface area contributed by atoms with Crippen LogP contribution in [0.5, 0.6) is 0 Å². The molecule has 4 rings (SSSR count). The average molecular weight is 499 g/mol. The first-order chi connectivity index (χ1) is 16.1. The Bertz CT molecular complexity index is 1270. The van der Waals surface area contributed by atoms with Crippen molar-refractivity contribution < 1.29 is 4.74 Å². The number of hydrogen-bond donors (Lipinski definition) is 0. The molecule has 0 N–H and O–H groups in total. The van der Waals surface area contributed by atoms with Crippen molar-refractivity contribution in [3.8, 4) is 0 Å². The summed E-state index contributed by atoms with van der Waals surface area (Å²) in [5.74, 6) is 0.679. The summed E-state index contributed by atoms with van der Waals surface area (Å²) in [6.45, 7) is 9.80. The maximum atomic E-state index is 6.10. The standard InChI is InChI=1S/C25H20ClNOS.C2H6.CH3Cl/c1-16(18-9-5-4-6-10-18)25(28-3)24(27-17(2)26)19-13-14-21-20-11-7-8-12-22(20)29-23(21)15-19;2*1-2/h4-15H,2H2,1,3H3;1-2H3;1H3/b25-16-,27-24-;;. The second kappa shape index (κ2) is 13.2. The van der Waals surface area contributed by atoms with Gasteiger partial charge in [0, 0.05) is 37.7 Å². The van der Waals surface area contributed by atoms with Gasteiger partial charge < -0.3 is 4.74 Å². The van der Waals surface area contributed by atoms with E-state index in [-0.39, 0.29) is 5.16 Å². The number of ether oxygens (including phenoxy) is 1. The number of benzene rings is 3. The van der Waals surface area contributed by atoms with Crippen molar-refractivity contribution in [3.63, 3.8) is 0 Å². The highest BCUT2D eigenvalue weighted by molar-refractivity contribution is 7.25. The van der Waals surface area contributed by atoms with E-state index in [1.165, 1.54) is 26.6 Å². The molecule has 4 aromatic rings. The molecule has 33 heavy (non-hydrogen) atoms. The molecule has 0 aliphatic rings. The smallest absolute Gasteiger partial charge is 0.148 e. The molecule has 5 heteroatoms. The Hall–Kier alpha value is -2.59. The molecule has 0 spiro atoms. The summed E-state index contributed by atoms with van der Waals surface area (Å²) >= 11 is 12.5. The second-order valence-corrected chi connectivity index (χ2v) is 8.19. The molecule has 2 nitrogen and oxygen atoms in total. The van der Waals surface area contributed by atoms with E-state index in [1.807, 2.05) is 39.0 Å². The van der Waals surface area contributed by atoms with Gasteiger partial charge in [-0.25, -0.2) is 4.99 Å². The van der Waals surface area contributed by atoms with Gasteiger partial charge in [0.1, 0.15) is 16.6 Å². The molecule has 0 atom stereocenters. The molecule has 1 aromatic heterocycles. The van der Waals surface area contributed by atoms with Crippen LogP contribution in [0.2, 0.25) is 0 Å². The van der Waals surface area contributed by atoms with Crippen molar-refractivity contribution in [2.24, 2.45) is 4.99 Å². The van der Waals surface area contributed by atoms with Gasteiger partial charge in [-0.15, -0.1) is 22.9 Å². The first-order valence-corrected chi connectivity index (χ1v) is 12.6. The minimum atomic E-state index is 0.215. The van der Waals surface area contributed by atoms with Crippen molar-refractivity contribution in [1.82, 2.24) is 0 Å². The lowest BCUT2D eigenvalue weighted by Gasteiger charge is -2.15. The Kier molecular flexibility index (Phi) is 10.7. The fourth-order valence-corrected chi connectivity index (χ4v) is 4.72. The van der Waals surface area contributed by atoms with Gasteiger partial charge in [0.25, 0.3) is 0 Å². The Labute approximate surface area is 210 Å². The monoisotopic (exact) mass is 497 g/mol. The molecule has 0 bridgehead atoms. The second-order valence-electron chi connectivity index (χ2n) is 6.67. The molecule has 0 aliphatic heterocycles. The van der Waals surface area contributed by atoms with Crippen LogP contribution in [0.15, 0.2) is 95.3 Å². The van der Waals surface area contributed by atoms with E-state index in [9.17, 15) is 0 Å². The van der Waals surface area contributed by atoms with Gasteiger partial charge in [-0.05, 0) is 24.6 Å². The molecule has 0 radical (unpaired) electrons. The number of aliphatic imine (C=N–C) groups is 1. The highest BCUT2D eigenvalue weighted by atomic mass is 35.5. The number of fused-ring (bicyclic) bond motifs is 3. The summed E-state index contributed by atoms with van der Waals surface area (Å²) in [6, 6.07) is 24.9. The van der Waals surface area contributed by atoms with Gasteiger partial charge >= 0.3 is 0 Å². The zero-order chi connectivity index (χ0) is 24.4.